The topological polar surface area (TPSA) is 56.2 Å². The smallest absolute Gasteiger partial charge is 0.221 e. The summed E-state index contributed by atoms with van der Waals surface area (Å²) in [7, 11) is 0. The molecular formula is C17H23N3O2. The summed E-state index contributed by atoms with van der Waals surface area (Å²) in [6.45, 7) is 5.09. The molecule has 0 bridgehead atoms. The van der Waals surface area contributed by atoms with Gasteiger partial charge in [0.1, 0.15) is 5.82 Å². The molecule has 0 radical (unpaired) electrons. The Hall–Kier alpha value is -1.88. The minimum absolute atomic E-state index is 0.103. The average Bonchev–Trinajstić information content (AvgIpc) is 3.18. The molecule has 1 atom stereocenters. The number of rotatable bonds is 6. The fourth-order valence-electron chi connectivity index (χ4n) is 2.95. The van der Waals surface area contributed by atoms with Crippen LogP contribution in [0, 0.1) is 5.92 Å². The summed E-state index contributed by atoms with van der Waals surface area (Å²) in [5.41, 5.74) is 2.11. The first-order chi connectivity index (χ1) is 10.8. The van der Waals surface area contributed by atoms with Crippen molar-refractivity contribution in [2.75, 3.05) is 19.8 Å². The maximum Gasteiger partial charge on any atom is 0.221 e. The number of carbonyl (C=O) groups excluding carboxylic acids is 1. The van der Waals surface area contributed by atoms with E-state index in [9.17, 15) is 4.79 Å². The molecule has 2 heterocycles. The van der Waals surface area contributed by atoms with Crippen molar-refractivity contribution >= 4 is 16.9 Å². The first-order valence-corrected chi connectivity index (χ1v) is 8.06. The summed E-state index contributed by atoms with van der Waals surface area (Å²) in [5, 5.41) is 3.02. The normalized spacial score (nSPS) is 18.0. The first-order valence-electron chi connectivity index (χ1n) is 8.06. The number of aryl methyl sites for hydroxylation is 2. The fourth-order valence-corrected chi connectivity index (χ4v) is 2.95. The Morgan fingerprint density at radius 1 is 1.45 bits per heavy atom. The fraction of sp³-hybridized carbons (Fsp3) is 0.529. The third-order valence-electron chi connectivity index (χ3n) is 4.22. The van der Waals surface area contributed by atoms with Crippen molar-refractivity contribution in [2.45, 2.75) is 32.7 Å². The molecule has 1 N–H and O–H groups in total. The largest absolute Gasteiger partial charge is 0.381 e. The standard InChI is InChI=1S/C17H23N3O2/c1-2-16-19-14-5-3-4-6-15(14)20(16)9-7-17(21)18-11-13-8-10-22-12-13/h3-6,13H,2,7-12H2,1H3,(H,18,21). The average molecular weight is 301 g/mol. The zero-order valence-electron chi connectivity index (χ0n) is 13.0. The van der Waals surface area contributed by atoms with Crippen molar-refractivity contribution in [3.05, 3.63) is 30.1 Å². The lowest BCUT2D eigenvalue weighted by atomic mass is 10.1. The van der Waals surface area contributed by atoms with E-state index in [4.69, 9.17) is 4.74 Å². The van der Waals surface area contributed by atoms with Gasteiger partial charge in [0, 0.05) is 38.5 Å². The number of aromatic nitrogens is 2. The third-order valence-corrected chi connectivity index (χ3v) is 4.22. The molecule has 0 saturated carbocycles. The molecule has 1 unspecified atom stereocenters. The predicted octanol–water partition coefficient (Wildman–Crippen LogP) is 2.14. The van der Waals surface area contributed by atoms with E-state index >= 15 is 0 Å². The molecule has 1 aromatic heterocycles. The molecule has 1 aliphatic heterocycles. The Labute approximate surface area is 130 Å². The van der Waals surface area contributed by atoms with Crippen molar-refractivity contribution in [3.8, 4) is 0 Å². The molecule has 5 nitrogen and oxygen atoms in total. The highest BCUT2D eigenvalue weighted by molar-refractivity contribution is 5.78. The van der Waals surface area contributed by atoms with Crippen molar-refractivity contribution in [3.63, 3.8) is 0 Å². The van der Waals surface area contributed by atoms with Gasteiger partial charge in [0.15, 0.2) is 0 Å². The number of nitrogens with zero attached hydrogens (tertiary/aromatic N) is 2. The Balaban J connectivity index is 1.59. The maximum atomic E-state index is 12.0. The van der Waals surface area contributed by atoms with Crippen molar-refractivity contribution in [1.29, 1.82) is 0 Å². The number of amides is 1. The van der Waals surface area contributed by atoms with Gasteiger partial charge >= 0.3 is 0 Å². The molecule has 1 aliphatic rings. The van der Waals surface area contributed by atoms with Gasteiger partial charge in [0.05, 0.1) is 17.6 Å². The van der Waals surface area contributed by atoms with E-state index < -0.39 is 0 Å². The van der Waals surface area contributed by atoms with E-state index in [1.54, 1.807) is 0 Å². The van der Waals surface area contributed by atoms with Crippen LogP contribution in [0.25, 0.3) is 11.0 Å². The van der Waals surface area contributed by atoms with Crippen molar-refractivity contribution < 1.29 is 9.53 Å². The van der Waals surface area contributed by atoms with Gasteiger partial charge < -0.3 is 14.6 Å². The van der Waals surface area contributed by atoms with Crippen LogP contribution in [0.15, 0.2) is 24.3 Å². The van der Waals surface area contributed by atoms with E-state index in [2.05, 4.69) is 27.9 Å². The van der Waals surface area contributed by atoms with Crippen LogP contribution < -0.4 is 5.32 Å². The Kier molecular flexibility index (Phi) is 4.73. The van der Waals surface area contributed by atoms with E-state index in [-0.39, 0.29) is 5.91 Å². The van der Waals surface area contributed by atoms with E-state index in [0.717, 1.165) is 49.5 Å². The molecule has 1 fully saturated rings. The Morgan fingerprint density at radius 2 is 2.32 bits per heavy atom. The monoisotopic (exact) mass is 301 g/mol. The van der Waals surface area contributed by atoms with Crippen LogP contribution in [0.4, 0.5) is 0 Å². The summed E-state index contributed by atoms with van der Waals surface area (Å²) in [5.74, 6) is 1.62. The van der Waals surface area contributed by atoms with Crippen LogP contribution in [0.3, 0.4) is 0 Å². The number of ether oxygens (including phenoxy) is 1. The highest BCUT2D eigenvalue weighted by Crippen LogP contribution is 2.17. The van der Waals surface area contributed by atoms with Crippen LogP contribution in [0.5, 0.6) is 0 Å². The second-order valence-electron chi connectivity index (χ2n) is 5.81. The van der Waals surface area contributed by atoms with Gasteiger partial charge in [0.2, 0.25) is 5.91 Å². The van der Waals surface area contributed by atoms with E-state index in [0.29, 0.717) is 18.9 Å². The SMILES string of the molecule is CCc1nc2ccccc2n1CCC(=O)NCC1CCOC1. The Morgan fingerprint density at radius 3 is 3.09 bits per heavy atom. The lowest BCUT2D eigenvalue weighted by Gasteiger charge is -2.11. The third kappa shape index (κ3) is 3.30. The zero-order valence-corrected chi connectivity index (χ0v) is 13.0. The number of imidazole rings is 1. The van der Waals surface area contributed by atoms with Crippen LogP contribution in [-0.2, 0) is 22.5 Å². The molecule has 5 heteroatoms. The van der Waals surface area contributed by atoms with Gasteiger partial charge in [-0.15, -0.1) is 0 Å². The quantitative estimate of drug-likeness (QED) is 0.889. The maximum absolute atomic E-state index is 12.0. The molecule has 2 aromatic rings. The second kappa shape index (κ2) is 6.92. The number of carbonyl (C=O) groups is 1. The molecule has 1 saturated heterocycles. The molecule has 3 rings (SSSR count). The number of para-hydroxylation sites is 2. The molecular weight excluding hydrogens is 278 g/mol. The summed E-state index contributed by atoms with van der Waals surface area (Å²) >= 11 is 0. The van der Waals surface area contributed by atoms with E-state index in [1.165, 1.54) is 0 Å². The zero-order chi connectivity index (χ0) is 15.4. The minimum Gasteiger partial charge on any atom is -0.381 e. The van der Waals surface area contributed by atoms with Crippen LogP contribution in [0.2, 0.25) is 0 Å². The summed E-state index contributed by atoms with van der Waals surface area (Å²) in [6, 6.07) is 8.09. The molecule has 118 valence electrons. The number of hydrogen-bond acceptors (Lipinski definition) is 3. The molecule has 0 aliphatic carbocycles. The van der Waals surface area contributed by atoms with Gasteiger partial charge in [-0.2, -0.15) is 0 Å². The van der Waals surface area contributed by atoms with Crippen molar-refractivity contribution in [1.82, 2.24) is 14.9 Å². The van der Waals surface area contributed by atoms with Gasteiger partial charge in [-0.3, -0.25) is 4.79 Å². The minimum atomic E-state index is 0.103. The van der Waals surface area contributed by atoms with Gasteiger partial charge in [-0.1, -0.05) is 19.1 Å². The highest BCUT2D eigenvalue weighted by atomic mass is 16.5. The number of benzene rings is 1. The predicted molar refractivity (Wildman–Crippen MR) is 85.7 cm³/mol. The summed E-state index contributed by atoms with van der Waals surface area (Å²) in [6.07, 6.45) is 2.41. The molecule has 22 heavy (non-hydrogen) atoms. The second-order valence-corrected chi connectivity index (χ2v) is 5.81. The number of hydrogen-bond donors (Lipinski definition) is 1. The molecule has 0 spiro atoms. The Bertz CT molecular complexity index is 644. The first kappa shape index (κ1) is 15.0. The lowest BCUT2D eigenvalue weighted by molar-refractivity contribution is -0.121. The summed E-state index contributed by atoms with van der Waals surface area (Å²) < 4.78 is 7.48. The molecule has 1 aromatic carbocycles. The van der Waals surface area contributed by atoms with Crippen LogP contribution in [-0.4, -0.2) is 35.2 Å². The van der Waals surface area contributed by atoms with Crippen LogP contribution in [0.1, 0.15) is 25.6 Å². The molecule has 1 amide bonds. The highest BCUT2D eigenvalue weighted by Gasteiger charge is 2.16. The van der Waals surface area contributed by atoms with Crippen molar-refractivity contribution in [2.24, 2.45) is 5.92 Å². The number of fused-ring (bicyclic) bond motifs is 1. The number of nitrogens with one attached hydrogen (secondary N) is 1. The summed E-state index contributed by atoms with van der Waals surface area (Å²) in [4.78, 5) is 16.7. The van der Waals surface area contributed by atoms with Gasteiger partial charge in [0.25, 0.3) is 0 Å². The van der Waals surface area contributed by atoms with E-state index in [1.807, 2.05) is 18.2 Å². The van der Waals surface area contributed by atoms with Gasteiger partial charge in [-0.25, -0.2) is 4.98 Å². The van der Waals surface area contributed by atoms with Crippen LogP contribution >= 0.6 is 0 Å². The lowest BCUT2D eigenvalue weighted by Crippen LogP contribution is -2.30. The van der Waals surface area contributed by atoms with Gasteiger partial charge in [-0.05, 0) is 18.6 Å².